The molecular weight excluding hydrogens is 460 g/mol. The highest BCUT2D eigenvalue weighted by molar-refractivity contribution is 6.05. The number of fused-ring (bicyclic) bond motifs is 2. The van der Waals surface area contributed by atoms with Crippen molar-refractivity contribution < 1.29 is 53.4 Å². The van der Waals surface area contributed by atoms with Gasteiger partial charge >= 0.3 is 0 Å². The second kappa shape index (κ2) is 8.57. The lowest BCUT2D eigenvalue weighted by Gasteiger charge is -2.35. The average Bonchev–Trinajstić information content (AvgIpc) is 2.85. The van der Waals surface area contributed by atoms with E-state index < -0.39 is 55.3 Å². The number of carbonyl (C=O) groups is 1. The number of carbonyl (C=O) groups excluding carboxylic acids is 1. The van der Waals surface area contributed by atoms with E-state index in [4.69, 9.17) is 23.1 Å². The van der Waals surface area contributed by atoms with Gasteiger partial charge in [0.25, 0.3) is 0 Å². The van der Waals surface area contributed by atoms with E-state index in [9.17, 15) is 30.3 Å². The molecule has 2 aliphatic heterocycles. The first kappa shape index (κ1) is 19.2. The van der Waals surface area contributed by atoms with E-state index in [-0.39, 0.29) is 34.3 Å². The summed E-state index contributed by atoms with van der Waals surface area (Å²) in [5, 5.41) is 50.4. The minimum Gasteiger partial charge on any atom is -0.508 e. The first-order valence-electron chi connectivity index (χ1n) is 12.0. The summed E-state index contributed by atoms with van der Waals surface area (Å²) in [6.45, 7) is -0.502. The topological polar surface area (TPSA) is 155 Å². The predicted molar refractivity (Wildman–Crippen MR) is 119 cm³/mol. The zero-order chi connectivity index (χ0) is 27.4. The van der Waals surface area contributed by atoms with Crippen molar-refractivity contribution in [1.29, 1.82) is 0 Å². The zero-order valence-corrected chi connectivity index (χ0v) is 17.9. The van der Waals surface area contributed by atoms with Crippen LogP contribution in [0.3, 0.4) is 0 Å². The molecule has 4 atom stereocenters. The molecule has 3 aromatic carbocycles. The number of aromatic hydroxyl groups is 3. The van der Waals surface area contributed by atoms with Gasteiger partial charge in [0.15, 0.2) is 47.4 Å². The Labute approximate surface area is 203 Å². The summed E-state index contributed by atoms with van der Waals surface area (Å²) in [7, 11) is -2.80. The number of phenolic OH excluding ortho intramolecular Hbond substituents is 3. The summed E-state index contributed by atoms with van der Waals surface area (Å²) >= 11 is 0. The molecule has 182 valence electrons. The van der Waals surface area contributed by atoms with Gasteiger partial charge in [-0.3, -0.25) is 4.79 Å². The summed E-state index contributed by atoms with van der Waals surface area (Å²) in [5.74, 6) is -2.03. The third-order valence-electron chi connectivity index (χ3n) is 5.89. The van der Waals surface area contributed by atoms with E-state index in [0.29, 0.717) is 11.1 Å². The van der Waals surface area contributed by atoms with Crippen LogP contribution in [0.25, 0.3) is 0 Å². The van der Waals surface area contributed by atoms with Crippen molar-refractivity contribution in [3.8, 4) is 40.2 Å². The highest BCUT2D eigenvalue weighted by atomic mass is 16.6. The molecule has 35 heavy (non-hydrogen) atoms. The van der Waals surface area contributed by atoms with E-state index in [1.54, 1.807) is 0 Å². The van der Waals surface area contributed by atoms with Crippen LogP contribution in [0.15, 0.2) is 48.5 Å². The fourth-order valence-corrected chi connectivity index (χ4v) is 4.20. The molecule has 0 saturated carbocycles. The quantitative estimate of drug-likeness (QED) is 0.372. The minimum atomic E-state index is -2.80. The van der Waals surface area contributed by atoms with Crippen LogP contribution in [0.1, 0.15) is 37.8 Å². The number of ether oxygens (including phenoxy) is 4. The van der Waals surface area contributed by atoms with Crippen LogP contribution < -0.4 is 18.9 Å². The molecule has 0 spiro atoms. The van der Waals surface area contributed by atoms with Crippen molar-refractivity contribution in [1.82, 2.24) is 0 Å². The van der Waals surface area contributed by atoms with Gasteiger partial charge in [0.05, 0.1) is 17.8 Å². The number of aliphatic hydroxyl groups excluding tert-OH is 2. The average molecular weight is 485 g/mol. The van der Waals surface area contributed by atoms with Crippen molar-refractivity contribution in [2.75, 3.05) is 13.6 Å². The van der Waals surface area contributed by atoms with Crippen molar-refractivity contribution in [2.24, 2.45) is 0 Å². The fourth-order valence-electron chi connectivity index (χ4n) is 4.20. The van der Waals surface area contributed by atoms with Crippen molar-refractivity contribution in [3.63, 3.8) is 0 Å². The summed E-state index contributed by atoms with van der Waals surface area (Å²) in [6.07, 6.45) is -4.74. The molecule has 2 aliphatic rings. The molecule has 10 nitrogen and oxygen atoms in total. The zero-order valence-electron chi connectivity index (χ0n) is 20.9. The van der Waals surface area contributed by atoms with Gasteiger partial charge in [-0.1, -0.05) is 12.1 Å². The Morgan fingerprint density at radius 3 is 2.40 bits per heavy atom. The Kier molecular flexibility index (Phi) is 4.70. The number of hydrogen-bond acceptors (Lipinski definition) is 10. The van der Waals surface area contributed by atoms with Crippen LogP contribution in [0.4, 0.5) is 0 Å². The highest BCUT2D eigenvalue weighted by Crippen LogP contribution is 2.45. The Morgan fingerprint density at radius 2 is 1.63 bits per heavy atom. The van der Waals surface area contributed by atoms with E-state index in [2.05, 4.69) is 0 Å². The number of methoxy groups -OCH3 is 1. The lowest BCUT2D eigenvalue weighted by Crippen LogP contribution is -2.37. The summed E-state index contributed by atoms with van der Waals surface area (Å²) in [4.78, 5) is 12.7. The molecule has 0 saturated heterocycles. The van der Waals surface area contributed by atoms with Crippen LogP contribution in [0, 0.1) is 0 Å². The molecule has 3 unspecified atom stereocenters. The standard InChI is InChI=1S/C25H22O10/c1-32-17-6-11(2-4-14(17)28)24-20(10-26)33-18-7-12(3-5-16(18)34-24)25-23(31)22(30)21-15(29)8-13(27)9-19(21)35-25/h2-9,20,23-29,31H,10H2,1H3/t20?,23-,24?,25?/m0/s1/i1D3. The van der Waals surface area contributed by atoms with Gasteiger partial charge in [0, 0.05) is 17.7 Å². The van der Waals surface area contributed by atoms with Crippen LogP contribution in [0.2, 0.25) is 0 Å². The lowest BCUT2D eigenvalue weighted by atomic mass is 9.92. The van der Waals surface area contributed by atoms with Crippen LogP contribution in [0.5, 0.6) is 40.2 Å². The maximum atomic E-state index is 12.7. The molecule has 5 N–H and O–H groups in total. The Bertz CT molecular complexity index is 1410. The van der Waals surface area contributed by atoms with E-state index in [0.717, 1.165) is 12.1 Å². The minimum absolute atomic E-state index is 0.103. The summed E-state index contributed by atoms with van der Waals surface area (Å²) in [6, 6.07) is 10.6. The van der Waals surface area contributed by atoms with Crippen molar-refractivity contribution in [2.45, 2.75) is 24.4 Å². The van der Waals surface area contributed by atoms with Crippen molar-refractivity contribution >= 4 is 5.78 Å². The first-order valence-corrected chi connectivity index (χ1v) is 10.5. The molecular formula is C25H22O10. The largest absolute Gasteiger partial charge is 0.508 e. The molecule has 0 bridgehead atoms. The maximum Gasteiger partial charge on any atom is 0.202 e. The number of Topliss-reactive ketones (excluding diaryl/α,β-unsaturated/α-hetero) is 1. The lowest BCUT2D eigenvalue weighted by molar-refractivity contribution is -0.0130. The SMILES string of the molecule is [2H]C([2H])([2H])Oc1cc(C2Oc3ccc(C4Oc5cc(O)cc(O)c5C(=O)[C@@H]4O)cc3OC2CO)ccc1O. The van der Waals surface area contributed by atoms with E-state index in [1.165, 1.54) is 36.4 Å². The molecule has 5 rings (SSSR count). The van der Waals surface area contributed by atoms with Gasteiger partial charge < -0.3 is 44.5 Å². The molecule has 0 fully saturated rings. The summed E-state index contributed by atoms with van der Waals surface area (Å²) in [5.41, 5.74) is 0.432. The summed E-state index contributed by atoms with van der Waals surface area (Å²) < 4.78 is 44.4. The molecule has 0 amide bonds. The van der Waals surface area contributed by atoms with Crippen LogP contribution >= 0.6 is 0 Å². The normalized spacial score (nSPS) is 24.4. The number of phenols is 3. The van der Waals surface area contributed by atoms with Gasteiger partial charge in [-0.2, -0.15) is 0 Å². The number of hydrogen-bond donors (Lipinski definition) is 5. The number of aliphatic hydroxyl groups is 2. The van der Waals surface area contributed by atoms with Gasteiger partial charge in [-0.05, 0) is 29.8 Å². The third-order valence-corrected chi connectivity index (χ3v) is 5.89. The smallest absolute Gasteiger partial charge is 0.202 e. The molecule has 0 aromatic heterocycles. The molecule has 3 aromatic rings. The van der Waals surface area contributed by atoms with E-state index in [1.807, 2.05) is 0 Å². The second-order valence-electron chi connectivity index (χ2n) is 8.10. The molecule has 2 heterocycles. The number of benzene rings is 3. The first-order chi connectivity index (χ1) is 17.9. The Morgan fingerprint density at radius 1 is 0.886 bits per heavy atom. The van der Waals surface area contributed by atoms with Crippen LogP contribution in [-0.4, -0.2) is 57.2 Å². The Hall–Kier alpha value is -4.15. The molecule has 0 aliphatic carbocycles. The third kappa shape index (κ3) is 3.82. The maximum absolute atomic E-state index is 12.7. The molecule has 10 heteroatoms. The second-order valence-corrected chi connectivity index (χ2v) is 8.10. The molecule has 0 radical (unpaired) electrons. The fraction of sp³-hybridized carbons (Fsp3) is 0.240. The monoisotopic (exact) mass is 485 g/mol. The van der Waals surface area contributed by atoms with Gasteiger partial charge in [0.2, 0.25) is 5.78 Å². The van der Waals surface area contributed by atoms with Gasteiger partial charge in [-0.25, -0.2) is 0 Å². The van der Waals surface area contributed by atoms with Crippen LogP contribution in [-0.2, 0) is 0 Å². The van der Waals surface area contributed by atoms with Crippen molar-refractivity contribution in [3.05, 3.63) is 65.2 Å². The van der Waals surface area contributed by atoms with Gasteiger partial charge in [0.1, 0.15) is 22.8 Å². The number of rotatable bonds is 4. The highest BCUT2D eigenvalue weighted by Gasteiger charge is 2.40. The van der Waals surface area contributed by atoms with Gasteiger partial charge in [-0.15, -0.1) is 0 Å². The Balaban J connectivity index is 1.44. The number of ketones is 1. The van der Waals surface area contributed by atoms with E-state index >= 15 is 0 Å². The predicted octanol–water partition coefficient (Wildman–Crippen LogP) is 2.36.